The molecule has 3 heterocycles. The van der Waals surface area contributed by atoms with E-state index in [1.54, 1.807) is 19.1 Å². The lowest BCUT2D eigenvalue weighted by Gasteiger charge is -2.40. The van der Waals surface area contributed by atoms with E-state index in [9.17, 15) is 13.6 Å². The van der Waals surface area contributed by atoms with Crippen molar-refractivity contribution >= 4 is 40.1 Å². The third-order valence-electron chi connectivity index (χ3n) is 4.69. The van der Waals surface area contributed by atoms with Gasteiger partial charge in [-0.2, -0.15) is 0 Å². The molecule has 160 valence electrons. The largest absolute Gasteiger partial charge is 0.481 e. The Morgan fingerprint density at radius 2 is 2.07 bits per heavy atom. The quantitative estimate of drug-likeness (QED) is 0.704. The van der Waals surface area contributed by atoms with Crippen LogP contribution in [0.3, 0.4) is 0 Å². The Morgan fingerprint density at radius 3 is 2.67 bits per heavy atom. The molecule has 3 N–H and O–H groups in total. The van der Waals surface area contributed by atoms with E-state index in [0.717, 1.165) is 11.8 Å². The molecule has 2 aromatic rings. The van der Waals surface area contributed by atoms with E-state index < -0.39 is 22.6 Å². The highest BCUT2D eigenvalue weighted by atomic mass is 35.5. The van der Waals surface area contributed by atoms with Gasteiger partial charge in [0.25, 0.3) is 12.3 Å². The Labute approximate surface area is 181 Å². The predicted molar refractivity (Wildman–Crippen MR) is 114 cm³/mol. The first-order valence-electron chi connectivity index (χ1n) is 8.86. The van der Waals surface area contributed by atoms with Crippen molar-refractivity contribution in [3.63, 3.8) is 0 Å². The highest BCUT2D eigenvalue weighted by molar-refractivity contribution is 8.15. The Morgan fingerprint density at radius 1 is 1.33 bits per heavy atom. The fourth-order valence-electron chi connectivity index (χ4n) is 3.32. The number of hydrogen-bond donors (Lipinski definition) is 2. The number of carbonyl (C=O) groups excluding carboxylic acids is 1. The van der Waals surface area contributed by atoms with E-state index in [0.29, 0.717) is 16.3 Å². The summed E-state index contributed by atoms with van der Waals surface area (Å²) in [7, 11) is 1.42. The number of nitrogens with zero attached hydrogens (tertiary/aromatic N) is 3. The van der Waals surface area contributed by atoms with Crippen LogP contribution >= 0.6 is 23.4 Å². The Bertz CT molecular complexity index is 991. The summed E-state index contributed by atoms with van der Waals surface area (Å²) in [4.78, 5) is 25.1. The molecule has 7 nitrogen and oxygen atoms in total. The molecule has 1 aliphatic heterocycles. The van der Waals surface area contributed by atoms with Gasteiger partial charge in [0.1, 0.15) is 5.69 Å². The van der Waals surface area contributed by atoms with Crippen molar-refractivity contribution in [3.05, 3.63) is 46.9 Å². The summed E-state index contributed by atoms with van der Waals surface area (Å²) < 4.78 is 31.4. The summed E-state index contributed by atoms with van der Waals surface area (Å²) in [6.07, 6.45) is 0.138. The van der Waals surface area contributed by atoms with Crippen molar-refractivity contribution in [2.75, 3.05) is 12.4 Å². The van der Waals surface area contributed by atoms with Crippen LogP contribution in [0.25, 0.3) is 0 Å². The number of rotatable bonds is 5. The van der Waals surface area contributed by atoms with Gasteiger partial charge in [-0.3, -0.25) is 9.79 Å². The highest BCUT2D eigenvalue weighted by Crippen LogP contribution is 2.49. The first-order chi connectivity index (χ1) is 14.1. The maximum atomic E-state index is 13.7. The van der Waals surface area contributed by atoms with Gasteiger partial charge < -0.3 is 15.8 Å². The molecule has 11 heteroatoms. The molecular formula is C19H20ClF2N5O2S. The summed E-state index contributed by atoms with van der Waals surface area (Å²) in [6.45, 7) is 3.13. The number of nitrogens with one attached hydrogen (secondary N) is 1. The molecule has 0 saturated heterocycles. The van der Waals surface area contributed by atoms with E-state index in [-0.39, 0.29) is 23.2 Å². The van der Waals surface area contributed by atoms with Gasteiger partial charge in [0.2, 0.25) is 5.88 Å². The molecule has 0 radical (unpaired) electrons. The molecule has 3 rings (SSSR count). The second-order valence-corrected chi connectivity index (χ2v) is 9.20. The molecule has 0 spiro atoms. The van der Waals surface area contributed by atoms with Crippen molar-refractivity contribution in [2.45, 2.75) is 37.0 Å². The van der Waals surface area contributed by atoms with E-state index >= 15 is 0 Å². The third-order valence-corrected chi connectivity index (χ3v) is 6.01. The molecule has 1 amide bonds. The zero-order valence-electron chi connectivity index (χ0n) is 16.4. The number of pyridine rings is 2. The minimum Gasteiger partial charge on any atom is -0.481 e. The molecule has 0 saturated carbocycles. The van der Waals surface area contributed by atoms with E-state index in [2.05, 4.69) is 20.3 Å². The fraction of sp³-hybridized carbons (Fsp3) is 0.368. The molecular weight excluding hydrogens is 436 g/mol. The number of carbonyl (C=O) groups is 1. The van der Waals surface area contributed by atoms with Crippen LogP contribution in [0.2, 0.25) is 5.02 Å². The second kappa shape index (κ2) is 8.35. The van der Waals surface area contributed by atoms with Crippen LogP contribution in [0.4, 0.5) is 14.5 Å². The monoisotopic (exact) mass is 455 g/mol. The number of thioether (sulfide) groups is 1. The van der Waals surface area contributed by atoms with E-state index in [4.69, 9.17) is 22.1 Å². The van der Waals surface area contributed by atoms with Crippen LogP contribution in [0.1, 0.15) is 36.3 Å². The lowest BCUT2D eigenvalue weighted by atomic mass is 9.83. The minimum atomic E-state index is -2.62. The van der Waals surface area contributed by atoms with Crippen LogP contribution in [-0.2, 0) is 5.54 Å². The van der Waals surface area contributed by atoms with Crippen molar-refractivity contribution in [2.24, 2.45) is 10.7 Å². The summed E-state index contributed by atoms with van der Waals surface area (Å²) in [5.41, 5.74) is 5.68. The van der Waals surface area contributed by atoms with Gasteiger partial charge in [0, 0.05) is 11.8 Å². The smallest absolute Gasteiger partial charge is 0.274 e. The number of alkyl halides is 2. The van der Waals surface area contributed by atoms with Crippen LogP contribution in [0.15, 0.2) is 35.6 Å². The van der Waals surface area contributed by atoms with Gasteiger partial charge in [-0.15, -0.1) is 0 Å². The number of anilines is 1. The zero-order valence-corrected chi connectivity index (χ0v) is 18.0. The maximum absolute atomic E-state index is 13.7. The van der Waals surface area contributed by atoms with E-state index in [1.807, 2.05) is 0 Å². The number of amides is 1. The lowest BCUT2D eigenvalue weighted by molar-refractivity contribution is 0.0893. The highest BCUT2D eigenvalue weighted by Gasteiger charge is 2.48. The number of amidine groups is 1. The van der Waals surface area contributed by atoms with Gasteiger partial charge >= 0.3 is 0 Å². The number of methoxy groups -OCH3 is 1. The van der Waals surface area contributed by atoms with Crippen molar-refractivity contribution in [3.8, 4) is 5.88 Å². The molecule has 0 aliphatic carbocycles. The number of halogens is 3. The molecule has 0 fully saturated rings. The van der Waals surface area contributed by atoms with E-state index in [1.165, 1.54) is 32.5 Å². The first kappa shape index (κ1) is 22.2. The predicted octanol–water partition coefficient (Wildman–Crippen LogP) is 4.08. The summed E-state index contributed by atoms with van der Waals surface area (Å²) in [5, 5.41) is 3.14. The number of hydrogen-bond acceptors (Lipinski definition) is 7. The van der Waals surface area contributed by atoms with Gasteiger partial charge in [-0.05, 0) is 38.5 Å². The number of aliphatic imine (C=N–C) groups is 1. The molecule has 0 unspecified atom stereocenters. The zero-order chi connectivity index (χ0) is 22.1. The average molecular weight is 456 g/mol. The summed E-state index contributed by atoms with van der Waals surface area (Å²) in [5.74, 6) is -0.269. The molecule has 2 aromatic heterocycles. The number of aromatic nitrogens is 2. The first-order valence-corrected chi connectivity index (χ1v) is 10.1. The number of ether oxygens (including phenoxy) is 1. The van der Waals surface area contributed by atoms with Gasteiger partial charge in [-0.25, -0.2) is 18.7 Å². The average Bonchev–Trinajstić information content (AvgIpc) is 2.67. The minimum absolute atomic E-state index is 0.00276. The van der Waals surface area contributed by atoms with Crippen molar-refractivity contribution < 1.29 is 18.3 Å². The SMILES string of the molecule is COc1ncc(NC(=O)c2ccc(Cl)cn2)cc1[C@]1(C)C[C@](C)(C(F)F)SC(N)=N1. The standard InChI is InChI=1S/C19H20ClF2N5O2S/c1-18(9-19(2,16(21)22)30-17(23)27-18)12-6-11(8-25-15(12)29-3)26-14(28)13-5-4-10(20)7-24-13/h4-8,16H,9H2,1-3H3,(H2,23,27)(H,26,28)/t18-,19+/m0/s1. The number of nitrogens with two attached hydrogens (primary N) is 1. The Hall–Kier alpha value is -2.46. The van der Waals surface area contributed by atoms with Gasteiger partial charge in [0.15, 0.2) is 5.17 Å². The molecule has 0 bridgehead atoms. The summed E-state index contributed by atoms with van der Waals surface area (Å²) in [6, 6.07) is 4.62. The maximum Gasteiger partial charge on any atom is 0.274 e. The van der Waals surface area contributed by atoms with Gasteiger partial charge in [-0.1, -0.05) is 23.4 Å². The van der Waals surface area contributed by atoms with Crippen molar-refractivity contribution in [1.29, 1.82) is 0 Å². The van der Waals surface area contributed by atoms with Crippen LogP contribution in [0, 0.1) is 0 Å². The Kier molecular flexibility index (Phi) is 6.19. The molecule has 2 atom stereocenters. The van der Waals surface area contributed by atoms with Crippen LogP contribution in [-0.4, -0.2) is 39.3 Å². The molecule has 1 aliphatic rings. The molecule has 30 heavy (non-hydrogen) atoms. The van der Waals surface area contributed by atoms with Crippen molar-refractivity contribution in [1.82, 2.24) is 9.97 Å². The second-order valence-electron chi connectivity index (χ2n) is 7.21. The summed E-state index contributed by atoms with van der Waals surface area (Å²) >= 11 is 6.64. The van der Waals surface area contributed by atoms with Crippen LogP contribution < -0.4 is 15.8 Å². The van der Waals surface area contributed by atoms with Crippen LogP contribution in [0.5, 0.6) is 5.88 Å². The fourth-order valence-corrected chi connectivity index (χ4v) is 4.59. The molecule has 0 aromatic carbocycles. The third kappa shape index (κ3) is 4.49. The van der Waals surface area contributed by atoms with Gasteiger partial charge in [0.05, 0.1) is 34.3 Å². The lowest BCUT2D eigenvalue weighted by Crippen LogP contribution is -2.44. The topological polar surface area (TPSA) is 102 Å². The Balaban J connectivity index is 1.97. The normalized spacial score (nSPS) is 23.8.